The lowest BCUT2D eigenvalue weighted by atomic mass is 10.1. The molecule has 0 saturated carbocycles. The normalized spacial score (nSPS) is 14.1. The molecular weight excluding hydrogens is 279 g/mol. The van der Waals surface area contributed by atoms with E-state index in [2.05, 4.69) is 24.1 Å². The average Bonchev–Trinajstić information content (AvgIpc) is 2.39. The highest BCUT2D eigenvalue weighted by molar-refractivity contribution is 6.35. The molecule has 0 aliphatic heterocycles. The van der Waals surface area contributed by atoms with Crippen LogP contribution in [0.5, 0.6) is 0 Å². The van der Waals surface area contributed by atoms with Crippen LogP contribution in [-0.2, 0) is 0 Å². The molecule has 1 aromatic carbocycles. The van der Waals surface area contributed by atoms with Crippen LogP contribution in [0, 0.1) is 0 Å². The molecule has 0 fully saturated rings. The van der Waals surface area contributed by atoms with Gasteiger partial charge in [0.25, 0.3) is 0 Å². The Morgan fingerprint density at radius 3 is 2.32 bits per heavy atom. The van der Waals surface area contributed by atoms with Gasteiger partial charge in [0.15, 0.2) is 0 Å². The maximum absolute atomic E-state index is 6.22. The summed E-state index contributed by atoms with van der Waals surface area (Å²) >= 11 is 12.1. The Labute approximate surface area is 123 Å². The van der Waals surface area contributed by atoms with Crippen LogP contribution in [0.4, 0.5) is 0 Å². The van der Waals surface area contributed by atoms with E-state index in [1.807, 2.05) is 24.3 Å². The van der Waals surface area contributed by atoms with E-state index >= 15 is 0 Å². The molecule has 2 nitrogen and oxygen atoms in total. The van der Waals surface area contributed by atoms with Crippen LogP contribution in [0.3, 0.4) is 0 Å². The summed E-state index contributed by atoms with van der Waals surface area (Å²) in [5.41, 5.74) is 2.25. The minimum absolute atomic E-state index is 0.146. The second-order valence-electron chi connectivity index (χ2n) is 4.56. The molecule has 0 bridgehead atoms. The second kappa shape index (κ2) is 6.38. The smallest absolute Gasteiger partial charge is 0.0468 e. The molecule has 2 aromatic rings. The molecule has 2 unspecified atom stereocenters. The highest BCUT2D eigenvalue weighted by Crippen LogP contribution is 2.27. The third-order valence-corrected chi connectivity index (χ3v) is 3.70. The summed E-state index contributed by atoms with van der Waals surface area (Å²) in [7, 11) is 0. The molecule has 2 rings (SSSR count). The first kappa shape index (κ1) is 14.3. The summed E-state index contributed by atoms with van der Waals surface area (Å²) in [6.07, 6.45) is 3.60. The molecule has 4 heteroatoms. The number of hydrogen-bond donors (Lipinski definition) is 1. The van der Waals surface area contributed by atoms with Gasteiger partial charge in [-0.2, -0.15) is 0 Å². The molecule has 19 heavy (non-hydrogen) atoms. The van der Waals surface area contributed by atoms with Crippen LogP contribution >= 0.6 is 23.2 Å². The van der Waals surface area contributed by atoms with Crippen molar-refractivity contribution in [3.05, 3.63) is 63.9 Å². The van der Waals surface area contributed by atoms with E-state index in [9.17, 15) is 0 Å². The maximum atomic E-state index is 6.22. The Kier molecular flexibility index (Phi) is 4.81. The number of rotatable bonds is 4. The molecule has 0 radical (unpaired) electrons. The van der Waals surface area contributed by atoms with Gasteiger partial charge < -0.3 is 5.32 Å². The topological polar surface area (TPSA) is 24.9 Å². The van der Waals surface area contributed by atoms with Gasteiger partial charge in [0.1, 0.15) is 0 Å². The van der Waals surface area contributed by atoms with Gasteiger partial charge in [0.2, 0.25) is 0 Å². The standard InChI is InChI=1S/C15H16Cl2N2/c1-10(12-5-7-18-8-6-12)19-11(2)14-4-3-13(16)9-15(14)17/h3-11,19H,1-2H3. The summed E-state index contributed by atoms with van der Waals surface area (Å²) in [6, 6.07) is 9.98. The molecule has 100 valence electrons. The van der Waals surface area contributed by atoms with Gasteiger partial charge in [-0.15, -0.1) is 0 Å². The highest BCUT2D eigenvalue weighted by Gasteiger charge is 2.13. The van der Waals surface area contributed by atoms with E-state index < -0.39 is 0 Å². The van der Waals surface area contributed by atoms with Crippen molar-refractivity contribution < 1.29 is 0 Å². The van der Waals surface area contributed by atoms with Crippen molar-refractivity contribution in [2.75, 3.05) is 0 Å². The lowest BCUT2D eigenvalue weighted by Gasteiger charge is -2.21. The second-order valence-corrected chi connectivity index (χ2v) is 5.40. The van der Waals surface area contributed by atoms with Gasteiger partial charge in [-0.05, 0) is 49.2 Å². The van der Waals surface area contributed by atoms with Gasteiger partial charge in [-0.25, -0.2) is 0 Å². The molecule has 1 heterocycles. The Hall–Kier alpha value is -1.09. The molecule has 1 aromatic heterocycles. The van der Waals surface area contributed by atoms with Crippen molar-refractivity contribution in [3.8, 4) is 0 Å². The van der Waals surface area contributed by atoms with Crippen molar-refractivity contribution in [1.82, 2.24) is 10.3 Å². The van der Waals surface area contributed by atoms with E-state index in [0.29, 0.717) is 10.0 Å². The number of nitrogens with one attached hydrogen (secondary N) is 1. The highest BCUT2D eigenvalue weighted by atomic mass is 35.5. The van der Waals surface area contributed by atoms with Crippen LogP contribution in [-0.4, -0.2) is 4.98 Å². The van der Waals surface area contributed by atoms with E-state index in [1.54, 1.807) is 18.5 Å². The maximum Gasteiger partial charge on any atom is 0.0468 e. The zero-order valence-corrected chi connectivity index (χ0v) is 12.4. The summed E-state index contributed by atoms with van der Waals surface area (Å²) in [5.74, 6) is 0. The fourth-order valence-corrected chi connectivity index (χ4v) is 2.64. The van der Waals surface area contributed by atoms with Crippen molar-refractivity contribution in [2.24, 2.45) is 0 Å². The fraction of sp³-hybridized carbons (Fsp3) is 0.267. The van der Waals surface area contributed by atoms with E-state index in [1.165, 1.54) is 5.56 Å². The predicted molar refractivity (Wildman–Crippen MR) is 80.7 cm³/mol. The monoisotopic (exact) mass is 294 g/mol. The number of hydrogen-bond acceptors (Lipinski definition) is 2. The van der Waals surface area contributed by atoms with E-state index in [4.69, 9.17) is 23.2 Å². The Morgan fingerprint density at radius 1 is 1.00 bits per heavy atom. The van der Waals surface area contributed by atoms with Gasteiger partial charge in [0, 0.05) is 34.5 Å². The van der Waals surface area contributed by atoms with Gasteiger partial charge in [0.05, 0.1) is 0 Å². The molecule has 0 aliphatic rings. The summed E-state index contributed by atoms with van der Waals surface area (Å²) in [6.45, 7) is 4.21. The van der Waals surface area contributed by atoms with Crippen molar-refractivity contribution in [2.45, 2.75) is 25.9 Å². The number of nitrogens with zero attached hydrogens (tertiary/aromatic N) is 1. The minimum Gasteiger partial charge on any atom is -0.304 e. The summed E-state index contributed by atoms with van der Waals surface area (Å²) in [4.78, 5) is 4.03. The number of halogens is 2. The number of pyridine rings is 1. The van der Waals surface area contributed by atoms with Crippen molar-refractivity contribution in [1.29, 1.82) is 0 Å². The molecule has 0 aliphatic carbocycles. The van der Waals surface area contributed by atoms with Gasteiger partial charge in [-0.1, -0.05) is 29.3 Å². The molecule has 0 amide bonds. The van der Waals surface area contributed by atoms with Crippen LogP contribution in [0.15, 0.2) is 42.7 Å². The Morgan fingerprint density at radius 2 is 1.68 bits per heavy atom. The fourth-order valence-electron chi connectivity index (χ4n) is 2.07. The summed E-state index contributed by atoms with van der Waals surface area (Å²) < 4.78 is 0. The van der Waals surface area contributed by atoms with Crippen molar-refractivity contribution >= 4 is 23.2 Å². The number of benzene rings is 1. The SMILES string of the molecule is CC(NC(C)c1ccc(Cl)cc1Cl)c1ccncc1. The zero-order valence-electron chi connectivity index (χ0n) is 10.9. The zero-order chi connectivity index (χ0) is 13.8. The quantitative estimate of drug-likeness (QED) is 0.876. The van der Waals surface area contributed by atoms with Crippen LogP contribution in [0.25, 0.3) is 0 Å². The number of aromatic nitrogens is 1. The lowest BCUT2D eigenvalue weighted by molar-refractivity contribution is 0.494. The van der Waals surface area contributed by atoms with Crippen LogP contribution in [0.1, 0.15) is 37.1 Å². The first-order valence-electron chi connectivity index (χ1n) is 6.19. The third kappa shape index (κ3) is 3.69. The lowest BCUT2D eigenvalue weighted by Crippen LogP contribution is -2.22. The Bertz CT molecular complexity index is 543. The first-order valence-corrected chi connectivity index (χ1v) is 6.94. The van der Waals surface area contributed by atoms with Gasteiger partial charge >= 0.3 is 0 Å². The van der Waals surface area contributed by atoms with E-state index in [0.717, 1.165) is 5.56 Å². The predicted octanol–water partition coefficient (Wildman–Crippen LogP) is 4.80. The Balaban J connectivity index is 2.10. The van der Waals surface area contributed by atoms with E-state index in [-0.39, 0.29) is 12.1 Å². The molecule has 0 saturated heterocycles. The van der Waals surface area contributed by atoms with Crippen LogP contribution < -0.4 is 5.32 Å². The molecular formula is C15H16Cl2N2. The van der Waals surface area contributed by atoms with Crippen LogP contribution in [0.2, 0.25) is 10.0 Å². The summed E-state index contributed by atoms with van der Waals surface area (Å²) in [5, 5.41) is 4.86. The van der Waals surface area contributed by atoms with Gasteiger partial charge in [-0.3, -0.25) is 4.98 Å². The third-order valence-electron chi connectivity index (χ3n) is 3.14. The van der Waals surface area contributed by atoms with Crippen molar-refractivity contribution in [3.63, 3.8) is 0 Å². The molecule has 0 spiro atoms. The molecule has 1 N–H and O–H groups in total. The minimum atomic E-state index is 0.146. The first-order chi connectivity index (χ1) is 9.08. The largest absolute Gasteiger partial charge is 0.304 e. The molecule has 2 atom stereocenters. The average molecular weight is 295 g/mol.